The van der Waals surface area contributed by atoms with Gasteiger partial charge in [0.15, 0.2) is 0 Å². The van der Waals surface area contributed by atoms with Crippen molar-refractivity contribution in [2.45, 2.75) is 6.42 Å². The third kappa shape index (κ3) is 2.23. The van der Waals surface area contributed by atoms with Gasteiger partial charge < -0.3 is 0 Å². The fourth-order valence-electron chi connectivity index (χ4n) is 3.88. The summed E-state index contributed by atoms with van der Waals surface area (Å²) in [6.45, 7) is 0. The predicted octanol–water partition coefficient (Wildman–Crippen LogP) is 5.83. The van der Waals surface area contributed by atoms with Crippen molar-refractivity contribution < 1.29 is 4.79 Å². The fourth-order valence-corrected chi connectivity index (χ4v) is 3.88. The summed E-state index contributed by atoms with van der Waals surface area (Å²) in [6, 6.07) is 30.6. The topological polar surface area (TPSA) is 22.0 Å². The quantitative estimate of drug-likeness (QED) is 0.398. The monoisotopic (exact) mass is 335 g/mol. The van der Waals surface area contributed by atoms with E-state index < -0.39 is 0 Å². The molecule has 2 nitrogen and oxygen atoms in total. The Morgan fingerprint density at radius 3 is 1.85 bits per heavy atom. The van der Waals surface area contributed by atoms with Crippen LogP contribution in [0.1, 0.15) is 10.4 Å². The maximum atomic E-state index is 13.3. The number of nitrogens with zero attached hydrogens (tertiary/aromatic N) is 1. The Morgan fingerprint density at radius 1 is 0.615 bits per heavy atom. The van der Waals surface area contributed by atoms with Crippen molar-refractivity contribution in [3.63, 3.8) is 0 Å². The van der Waals surface area contributed by atoms with Crippen molar-refractivity contribution in [1.29, 1.82) is 0 Å². The summed E-state index contributed by atoms with van der Waals surface area (Å²) in [6.07, 6.45) is 0.379. The highest BCUT2D eigenvalue weighted by Crippen LogP contribution is 2.29. The number of para-hydroxylation sites is 2. The summed E-state index contributed by atoms with van der Waals surface area (Å²) in [4.78, 5) is 13.3. The van der Waals surface area contributed by atoms with Crippen LogP contribution in [0.25, 0.3) is 32.6 Å². The van der Waals surface area contributed by atoms with Crippen molar-refractivity contribution in [3.05, 3.63) is 96.6 Å². The van der Waals surface area contributed by atoms with Gasteiger partial charge in [-0.15, -0.1) is 0 Å². The molecule has 0 radical (unpaired) electrons. The van der Waals surface area contributed by atoms with Gasteiger partial charge in [0, 0.05) is 10.8 Å². The zero-order valence-electron chi connectivity index (χ0n) is 14.2. The summed E-state index contributed by atoms with van der Waals surface area (Å²) in [5.74, 6) is 0.0961. The number of fused-ring (bicyclic) bond motifs is 4. The molecule has 0 N–H and O–H groups in total. The smallest absolute Gasteiger partial charge is 0.236 e. The molecule has 0 aliphatic carbocycles. The van der Waals surface area contributed by atoms with Gasteiger partial charge in [0.2, 0.25) is 5.91 Å². The first-order chi connectivity index (χ1) is 12.8. The fraction of sp³-hybridized carbons (Fsp3) is 0.0417. The Labute approximate surface area is 151 Å². The van der Waals surface area contributed by atoms with Crippen LogP contribution in [0.2, 0.25) is 0 Å². The number of hydrogen-bond acceptors (Lipinski definition) is 1. The minimum absolute atomic E-state index is 0.0961. The molecule has 0 fully saturated rings. The minimum Gasteiger partial charge on any atom is -0.280 e. The third-order valence-corrected chi connectivity index (χ3v) is 5.05. The van der Waals surface area contributed by atoms with Gasteiger partial charge in [-0.25, -0.2) is 0 Å². The molecule has 0 unspecified atom stereocenters. The van der Waals surface area contributed by atoms with Gasteiger partial charge in [-0.2, -0.15) is 0 Å². The van der Waals surface area contributed by atoms with E-state index in [2.05, 4.69) is 30.3 Å². The molecule has 0 amide bonds. The van der Waals surface area contributed by atoms with Crippen LogP contribution in [0.15, 0.2) is 91.0 Å². The molecule has 0 bridgehead atoms. The molecule has 26 heavy (non-hydrogen) atoms. The summed E-state index contributed by atoms with van der Waals surface area (Å²) in [5.41, 5.74) is 3.01. The van der Waals surface area contributed by atoms with Gasteiger partial charge in [-0.1, -0.05) is 78.9 Å². The lowest BCUT2D eigenvalue weighted by molar-refractivity contribution is 0.0924. The van der Waals surface area contributed by atoms with Crippen LogP contribution < -0.4 is 0 Å². The second-order valence-corrected chi connectivity index (χ2v) is 6.58. The average Bonchev–Trinajstić information content (AvgIpc) is 3.03. The van der Waals surface area contributed by atoms with E-state index in [0.29, 0.717) is 6.42 Å². The van der Waals surface area contributed by atoms with E-state index in [-0.39, 0.29) is 5.91 Å². The number of rotatable bonds is 2. The molecule has 0 aliphatic rings. The first-order valence-electron chi connectivity index (χ1n) is 8.81. The van der Waals surface area contributed by atoms with Crippen LogP contribution in [0, 0.1) is 0 Å². The molecule has 1 heterocycles. The van der Waals surface area contributed by atoms with Crippen molar-refractivity contribution in [3.8, 4) is 0 Å². The molecule has 0 saturated carbocycles. The van der Waals surface area contributed by atoms with E-state index in [4.69, 9.17) is 0 Å². The highest BCUT2D eigenvalue weighted by atomic mass is 16.2. The Balaban J connectivity index is 1.69. The Morgan fingerprint density at radius 2 is 1.15 bits per heavy atom. The van der Waals surface area contributed by atoms with Gasteiger partial charge >= 0.3 is 0 Å². The van der Waals surface area contributed by atoms with Crippen LogP contribution in [-0.4, -0.2) is 10.5 Å². The number of aromatic nitrogens is 1. The SMILES string of the molecule is O=C(Cc1cccc2ccccc12)n1c2ccccc2c2ccccc21. The van der Waals surface area contributed by atoms with Crippen molar-refractivity contribution in [2.24, 2.45) is 0 Å². The van der Waals surface area contributed by atoms with Gasteiger partial charge in [0.05, 0.1) is 17.5 Å². The zero-order valence-corrected chi connectivity index (χ0v) is 14.2. The molecule has 0 saturated heterocycles. The van der Waals surface area contributed by atoms with Crippen LogP contribution in [-0.2, 0) is 6.42 Å². The second-order valence-electron chi connectivity index (χ2n) is 6.58. The standard InChI is InChI=1S/C24H17NO/c26-24(16-18-10-7-9-17-8-1-2-11-19(17)18)25-22-14-5-3-12-20(22)21-13-4-6-15-23(21)25/h1-15H,16H2. The molecule has 124 valence electrons. The Bertz CT molecular complexity index is 1220. The summed E-state index contributed by atoms with van der Waals surface area (Å²) >= 11 is 0. The van der Waals surface area contributed by atoms with Crippen LogP contribution in [0.3, 0.4) is 0 Å². The van der Waals surface area contributed by atoms with Gasteiger partial charge in [0.1, 0.15) is 0 Å². The Kier molecular flexibility index (Phi) is 3.36. The predicted molar refractivity (Wildman–Crippen MR) is 108 cm³/mol. The molecule has 4 aromatic carbocycles. The van der Waals surface area contributed by atoms with Gasteiger partial charge in [0.25, 0.3) is 0 Å². The Hall–Kier alpha value is -3.39. The van der Waals surface area contributed by atoms with E-state index in [0.717, 1.165) is 32.8 Å². The molecule has 1 aromatic heterocycles. The van der Waals surface area contributed by atoms with E-state index in [1.807, 2.05) is 65.2 Å². The molecule has 5 rings (SSSR count). The lowest BCUT2D eigenvalue weighted by Gasteiger charge is -2.09. The van der Waals surface area contributed by atoms with Crippen LogP contribution in [0.5, 0.6) is 0 Å². The van der Waals surface area contributed by atoms with Gasteiger partial charge in [-0.3, -0.25) is 9.36 Å². The van der Waals surface area contributed by atoms with Crippen molar-refractivity contribution in [2.75, 3.05) is 0 Å². The molecule has 5 aromatic rings. The van der Waals surface area contributed by atoms with Crippen LogP contribution in [0.4, 0.5) is 0 Å². The second kappa shape index (κ2) is 5.85. The van der Waals surface area contributed by atoms with Gasteiger partial charge in [-0.05, 0) is 28.5 Å². The maximum Gasteiger partial charge on any atom is 0.236 e. The van der Waals surface area contributed by atoms with E-state index in [1.54, 1.807) is 0 Å². The highest BCUT2D eigenvalue weighted by Gasteiger charge is 2.16. The first kappa shape index (κ1) is 14.9. The summed E-state index contributed by atoms with van der Waals surface area (Å²) < 4.78 is 1.87. The molecule has 0 aliphatic heterocycles. The van der Waals surface area contributed by atoms with E-state index >= 15 is 0 Å². The summed E-state index contributed by atoms with van der Waals surface area (Å²) in [5, 5.41) is 4.55. The largest absolute Gasteiger partial charge is 0.280 e. The lowest BCUT2D eigenvalue weighted by Crippen LogP contribution is -2.13. The molecular weight excluding hydrogens is 318 g/mol. The normalized spacial score (nSPS) is 11.4. The number of carbonyl (C=O) groups is 1. The molecule has 2 heteroatoms. The summed E-state index contributed by atoms with van der Waals surface area (Å²) in [7, 11) is 0. The highest BCUT2D eigenvalue weighted by molar-refractivity contribution is 6.13. The number of benzene rings is 4. The van der Waals surface area contributed by atoms with Crippen molar-refractivity contribution >= 4 is 38.5 Å². The van der Waals surface area contributed by atoms with E-state index in [1.165, 1.54) is 5.39 Å². The minimum atomic E-state index is 0.0961. The van der Waals surface area contributed by atoms with Crippen molar-refractivity contribution in [1.82, 2.24) is 4.57 Å². The molecular formula is C24H17NO. The zero-order chi connectivity index (χ0) is 17.5. The molecule has 0 spiro atoms. The molecule has 0 atom stereocenters. The number of carbonyl (C=O) groups excluding carboxylic acids is 1. The average molecular weight is 335 g/mol. The van der Waals surface area contributed by atoms with E-state index in [9.17, 15) is 4.79 Å². The van der Waals surface area contributed by atoms with Crippen LogP contribution >= 0.6 is 0 Å². The lowest BCUT2D eigenvalue weighted by atomic mass is 10.0. The maximum absolute atomic E-state index is 13.3. The third-order valence-electron chi connectivity index (χ3n) is 5.05. The number of hydrogen-bond donors (Lipinski definition) is 0. The first-order valence-corrected chi connectivity index (χ1v) is 8.81.